The molecular weight excluding hydrogens is 322 g/mol. The van der Waals surface area contributed by atoms with Crippen LogP contribution < -0.4 is 4.72 Å². The van der Waals surface area contributed by atoms with Crippen LogP contribution in [0.5, 0.6) is 0 Å². The molecule has 0 bridgehead atoms. The van der Waals surface area contributed by atoms with Crippen molar-refractivity contribution in [3.05, 3.63) is 35.9 Å². The maximum atomic E-state index is 11.3. The molecule has 0 amide bonds. The van der Waals surface area contributed by atoms with Gasteiger partial charge in [0.1, 0.15) is 0 Å². The van der Waals surface area contributed by atoms with Gasteiger partial charge < -0.3 is 4.90 Å². The Morgan fingerprint density at radius 2 is 1.79 bits per heavy atom. The average molecular weight is 352 g/mol. The number of nitrogens with one attached hydrogen (secondary N) is 1. The molecule has 1 aromatic rings. The molecule has 2 saturated heterocycles. The molecular formula is C18H29N3O2S. The Morgan fingerprint density at radius 3 is 2.46 bits per heavy atom. The third-order valence-electron chi connectivity index (χ3n) is 5.16. The van der Waals surface area contributed by atoms with Crippen molar-refractivity contribution in [3.8, 4) is 0 Å². The molecule has 2 heterocycles. The van der Waals surface area contributed by atoms with Crippen molar-refractivity contribution in [3.63, 3.8) is 0 Å². The van der Waals surface area contributed by atoms with Crippen LogP contribution in [-0.4, -0.2) is 62.7 Å². The van der Waals surface area contributed by atoms with Gasteiger partial charge in [-0.2, -0.15) is 0 Å². The van der Waals surface area contributed by atoms with Gasteiger partial charge in [-0.1, -0.05) is 30.3 Å². The van der Waals surface area contributed by atoms with Crippen molar-refractivity contribution in [2.45, 2.75) is 44.3 Å². The Kier molecular flexibility index (Phi) is 5.92. The van der Waals surface area contributed by atoms with E-state index < -0.39 is 10.0 Å². The molecule has 1 atom stereocenters. The molecule has 1 aromatic carbocycles. The molecule has 0 saturated carbocycles. The van der Waals surface area contributed by atoms with Crippen LogP contribution in [0, 0.1) is 0 Å². The molecule has 2 aliphatic heterocycles. The SMILES string of the molecule is CS(=O)(=O)NC1CCN(C[C@H]2CCCN2Cc2ccccc2)CC1. The second kappa shape index (κ2) is 7.95. The van der Waals surface area contributed by atoms with Crippen molar-refractivity contribution < 1.29 is 8.42 Å². The van der Waals surface area contributed by atoms with Gasteiger partial charge in [-0.3, -0.25) is 4.90 Å². The van der Waals surface area contributed by atoms with E-state index in [1.807, 2.05) is 0 Å². The number of sulfonamides is 1. The summed E-state index contributed by atoms with van der Waals surface area (Å²) in [6.07, 6.45) is 5.63. The van der Waals surface area contributed by atoms with E-state index in [9.17, 15) is 8.42 Å². The summed E-state index contributed by atoms with van der Waals surface area (Å²) in [7, 11) is -3.08. The van der Waals surface area contributed by atoms with E-state index in [0.717, 1.165) is 39.0 Å². The summed E-state index contributed by atoms with van der Waals surface area (Å²) in [5.41, 5.74) is 1.39. The maximum absolute atomic E-state index is 11.3. The Hall–Kier alpha value is -0.950. The van der Waals surface area contributed by atoms with Gasteiger partial charge in [-0.15, -0.1) is 0 Å². The van der Waals surface area contributed by atoms with E-state index in [2.05, 4.69) is 44.9 Å². The predicted octanol–water partition coefficient (Wildman–Crippen LogP) is 1.66. The first-order valence-electron chi connectivity index (χ1n) is 8.97. The standard InChI is InChI=1S/C18H29N3O2S/c1-24(22,23)19-17-9-12-20(13-10-17)15-18-8-5-11-21(18)14-16-6-3-2-4-7-16/h2-4,6-7,17-19H,5,8-15H2,1H3/t18-/m1/s1. The van der Waals surface area contributed by atoms with Crippen LogP contribution in [-0.2, 0) is 16.6 Å². The molecule has 6 heteroatoms. The van der Waals surface area contributed by atoms with Crippen LogP contribution in [0.4, 0.5) is 0 Å². The minimum atomic E-state index is -3.08. The van der Waals surface area contributed by atoms with Gasteiger partial charge in [-0.05, 0) is 50.9 Å². The first-order chi connectivity index (χ1) is 11.5. The van der Waals surface area contributed by atoms with Gasteiger partial charge in [0.15, 0.2) is 0 Å². The highest BCUT2D eigenvalue weighted by atomic mass is 32.2. The summed E-state index contributed by atoms with van der Waals surface area (Å²) in [6.45, 7) is 5.31. The lowest BCUT2D eigenvalue weighted by atomic mass is 10.0. The van der Waals surface area contributed by atoms with Crippen LogP contribution in [0.1, 0.15) is 31.2 Å². The molecule has 24 heavy (non-hydrogen) atoms. The number of rotatable bonds is 6. The van der Waals surface area contributed by atoms with E-state index in [1.54, 1.807) is 0 Å². The fraction of sp³-hybridized carbons (Fsp3) is 0.667. The van der Waals surface area contributed by atoms with Gasteiger partial charge in [-0.25, -0.2) is 13.1 Å². The first kappa shape index (κ1) is 17.9. The Morgan fingerprint density at radius 1 is 1.08 bits per heavy atom. The monoisotopic (exact) mass is 351 g/mol. The fourth-order valence-electron chi connectivity index (χ4n) is 3.96. The van der Waals surface area contributed by atoms with Crippen molar-refractivity contribution in [1.82, 2.24) is 14.5 Å². The molecule has 2 fully saturated rings. The number of piperidine rings is 1. The molecule has 134 valence electrons. The topological polar surface area (TPSA) is 52.7 Å². The zero-order valence-electron chi connectivity index (χ0n) is 14.5. The highest BCUT2D eigenvalue weighted by Crippen LogP contribution is 2.22. The highest BCUT2D eigenvalue weighted by molar-refractivity contribution is 7.88. The zero-order valence-corrected chi connectivity index (χ0v) is 15.3. The lowest BCUT2D eigenvalue weighted by molar-refractivity contribution is 0.141. The van der Waals surface area contributed by atoms with Gasteiger partial charge in [0.25, 0.3) is 0 Å². The lowest BCUT2D eigenvalue weighted by Crippen LogP contribution is -2.48. The summed E-state index contributed by atoms with van der Waals surface area (Å²) in [6, 6.07) is 11.4. The fourth-order valence-corrected chi connectivity index (χ4v) is 4.80. The van der Waals surface area contributed by atoms with Crippen LogP contribution in [0.3, 0.4) is 0 Å². The third-order valence-corrected chi connectivity index (χ3v) is 5.93. The highest BCUT2D eigenvalue weighted by Gasteiger charge is 2.28. The van der Waals surface area contributed by atoms with Crippen molar-refractivity contribution >= 4 is 10.0 Å². The average Bonchev–Trinajstić information content (AvgIpc) is 2.96. The Bertz CT molecular complexity index is 612. The van der Waals surface area contributed by atoms with Crippen LogP contribution >= 0.6 is 0 Å². The second-order valence-electron chi connectivity index (χ2n) is 7.22. The van der Waals surface area contributed by atoms with Crippen molar-refractivity contribution in [1.29, 1.82) is 0 Å². The van der Waals surface area contributed by atoms with Crippen LogP contribution in [0.15, 0.2) is 30.3 Å². The zero-order chi connectivity index (χ0) is 17.0. The van der Waals surface area contributed by atoms with E-state index in [0.29, 0.717) is 6.04 Å². The summed E-state index contributed by atoms with van der Waals surface area (Å²) < 4.78 is 25.4. The summed E-state index contributed by atoms with van der Waals surface area (Å²) in [5, 5.41) is 0. The molecule has 0 radical (unpaired) electrons. The molecule has 0 aliphatic carbocycles. The summed E-state index contributed by atoms with van der Waals surface area (Å²) >= 11 is 0. The Labute approximate surface area is 146 Å². The number of benzene rings is 1. The quantitative estimate of drug-likeness (QED) is 0.847. The van der Waals surface area contributed by atoms with Gasteiger partial charge >= 0.3 is 0 Å². The van der Waals surface area contributed by atoms with Crippen molar-refractivity contribution in [2.75, 3.05) is 32.4 Å². The maximum Gasteiger partial charge on any atom is 0.208 e. The lowest BCUT2D eigenvalue weighted by Gasteiger charge is -2.35. The number of hydrogen-bond donors (Lipinski definition) is 1. The Balaban J connectivity index is 1.47. The minimum Gasteiger partial charge on any atom is -0.302 e. The molecule has 1 N–H and O–H groups in total. The molecule has 3 rings (SSSR count). The normalized spacial score (nSPS) is 24.5. The van der Waals surface area contributed by atoms with Gasteiger partial charge in [0, 0.05) is 25.2 Å². The van der Waals surface area contributed by atoms with E-state index in [1.165, 1.54) is 31.2 Å². The molecule has 0 aromatic heterocycles. The summed E-state index contributed by atoms with van der Waals surface area (Å²) in [5.74, 6) is 0. The molecule has 0 spiro atoms. The number of nitrogens with zero attached hydrogens (tertiary/aromatic N) is 2. The first-order valence-corrected chi connectivity index (χ1v) is 10.9. The van der Waals surface area contributed by atoms with E-state index in [-0.39, 0.29) is 6.04 Å². The number of likely N-dealkylation sites (tertiary alicyclic amines) is 2. The largest absolute Gasteiger partial charge is 0.302 e. The molecule has 2 aliphatic rings. The summed E-state index contributed by atoms with van der Waals surface area (Å²) in [4.78, 5) is 5.12. The molecule has 0 unspecified atom stereocenters. The van der Waals surface area contributed by atoms with Crippen molar-refractivity contribution in [2.24, 2.45) is 0 Å². The van der Waals surface area contributed by atoms with Gasteiger partial charge in [0.2, 0.25) is 10.0 Å². The second-order valence-corrected chi connectivity index (χ2v) is 9.00. The minimum absolute atomic E-state index is 0.111. The van der Waals surface area contributed by atoms with E-state index in [4.69, 9.17) is 0 Å². The number of hydrogen-bond acceptors (Lipinski definition) is 4. The van der Waals surface area contributed by atoms with Crippen LogP contribution in [0.25, 0.3) is 0 Å². The smallest absolute Gasteiger partial charge is 0.208 e. The third kappa shape index (κ3) is 5.28. The van der Waals surface area contributed by atoms with Gasteiger partial charge in [0.05, 0.1) is 6.26 Å². The van der Waals surface area contributed by atoms with Crippen LogP contribution in [0.2, 0.25) is 0 Å². The molecule has 5 nitrogen and oxygen atoms in total. The van der Waals surface area contributed by atoms with E-state index >= 15 is 0 Å². The predicted molar refractivity (Wildman–Crippen MR) is 97.3 cm³/mol.